The molecule has 0 aliphatic heterocycles. The van der Waals surface area contributed by atoms with Crippen molar-refractivity contribution < 1.29 is 18.3 Å². The lowest BCUT2D eigenvalue weighted by Gasteiger charge is -2.15. The number of benzene rings is 1. The normalized spacial score (nSPS) is 12.8. The molecule has 0 unspecified atom stereocenters. The first kappa shape index (κ1) is 18.0. The zero-order valence-electron chi connectivity index (χ0n) is 13.4. The summed E-state index contributed by atoms with van der Waals surface area (Å²) < 4.78 is 38.9. The van der Waals surface area contributed by atoms with E-state index in [1.165, 1.54) is 0 Å². The van der Waals surface area contributed by atoms with Crippen molar-refractivity contribution in [3.05, 3.63) is 47.2 Å². The molecule has 0 spiro atoms. The van der Waals surface area contributed by atoms with E-state index >= 15 is 0 Å². The molecule has 0 amide bonds. The Hall–Kier alpha value is -2.35. The molecule has 1 heterocycles. The highest BCUT2D eigenvalue weighted by Crippen LogP contribution is 2.29. The van der Waals surface area contributed by atoms with E-state index in [0.717, 1.165) is 17.2 Å². The summed E-state index contributed by atoms with van der Waals surface area (Å²) in [4.78, 5) is 7.48. The van der Waals surface area contributed by atoms with Crippen LogP contribution in [0.3, 0.4) is 0 Å². The topological polar surface area (TPSA) is 70.1 Å². The van der Waals surface area contributed by atoms with Gasteiger partial charge in [0.25, 0.3) is 0 Å². The number of anilines is 2. The first-order valence-corrected chi connectivity index (χ1v) is 7.41. The van der Waals surface area contributed by atoms with Crippen LogP contribution in [0.15, 0.2) is 30.3 Å². The minimum absolute atomic E-state index is 0.0607. The number of rotatable bonds is 6. The molecule has 8 heteroatoms. The number of aromatic nitrogens is 2. The van der Waals surface area contributed by atoms with Gasteiger partial charge < -0.3 is 15.7 Å². The number of halogens is 3. The van der Waals surface area contributed by atoms with E-state index in [1.54, 1.807) is 6.92 Å². The van der Waals surface area contributed by atoms with Crippen molar-refractivity contribution in [1.29, 1.82) is 0 Å². The molecule has 1 aromatic heterocycles. The maximum atomic E-state index is 13.0. The Morgan fingerprint density at radius 2 is 1.83 bits per heavy atom. The number of hydrogen-bond acceptors (Lipinski definition) is 5. The third kappa shape index (κ3) is 5.09. The zero-order chi connectivity index (χ0) is 17.7. The van der Waals surface area contributed by atoms with Gasteiger partial charge in [0.15, 0.2) is 5.69 Å². The third-order valence-electron chi connectivity index (χ3n) is 3.26. The van der Waals surface area contributed by atoms with E-state index in [4.69, 9.17) is 5.11 Å². The fraction of sp³-hybridized carbons (Fsp3) is 0.375. The standard InChI is InChI=1S/C16H19F3N4O/c1-10-3-5-12(6-4-10)8-20-14-7-13(16(17,18)19)22-15(23-14)21-11(2)9-24/h3-7,11,24H,8-9H2,1-2H3,(H2,20,21,22,23)/t11-/m1/s1. The van der Waals surface area contributed by atoms with Crippen LogP contribution in [0.4, 0.5) is 24.9 Å². The van der Waals surface area contributed by atoms with Crippen LogP contribution < -0.4 is 10.6 Å². The van der Waals surface area contributed by atoms with E-state index < -0.39 is 17.9 Å². The van der Waals surface area contributed by atoms with Gasteiger partial charge in [-0.1, -0.05) is 29.8 Å². The quantitative estimate of drug-likeness (QED) is 0.753. The molecule has 2 aromatic rings. The van der Waals surface area contributed by atoms with Crippen LogP contribution in [-0.2, 0) is 12.7 Å². The van der Waals surface area contributed by atoms with Crippen LogP contribution in [0, 0.1) is 6.92 Å². The molecule has 3 N–H and O–H groups in total. The molecule has 24 heavy (non-hydrogen) atoms. The molecule has 0 aliphatic rings. The maximum absolute atomic E-state index is 13.0. The Kier molecular flexibility index (Phi) is 5.61. The van der Waals surface area contributed by atoms with Crippen LogP contribution >= 0.6 is 0 Å². The lowest BCUT2D eigenvalue weighted by Crippen LogP contribution is -2.22. The second kappa shape index (κ2) is 7.48. The van der Waals surface area contributed by atoms with Crippen LogP contribution in [0.2, 0.25) is 0 Å². The van der Waals surface area contributed by atoms with Crippen molar-refractivity contribution in [1.82, 2.24) is 9.97 Å². The fourth-order valence-electron chi connectivity index (χ4n) is 1.91. The lowest BCUT2D eigenvalue weighted by molar-refractivity contribution is -0.141. The molecule has 5 nitrogen and oxygen atoms in total. The van der Waals surface area contributed by atoms with Crippen molar-refractivity contribution in [2.24, 2.45) is 0 Å². The van der Waals surface area contributed by atoms with Gasteiger partial charge in [0, 0.05) is 18.7 Å². The highest BCUT2D eigenvalue weighted by atomic mass is 19.4. The first-order chi connectivity index (χ1) is 11.3. The summed E-state index contributed by atoms with van der Waals surface area (Å²) in [5.74, 6) is -0.122. The van der Waals surface area contributed by atoms with Crippen LogP contribution in [-0.4, -0.2) is 27.7 Å². The Bertz CT molecular complexity index is 674. The summed E-state index contributed by atoms with van der Waals surface area (Å²) >= 11 is 0. The number of aliphatic hydroxyl groups excluding tert-OH is 1. The predicted molar refractivity (Wildman–Crippen MR) is 85.7 cm³/mol. The predicted octanol–water partition coefficient (Wildman–Crippen LogP) is 3.21. The molecular weight excluding hydrogens is 321 g/mol. The minimum atomic E-state index is -4.58. The summed E-state index contributed by atoms with van der Waals surface area (Å²) in [6.45, 7) is 3.66. The van der Waals surface area contributed by atoms with Crippen molar-refractivity contribution >= 4 is 11.8 Å². The smallest absolute Gasteiger partial charge is 0.394 e. The van der Waals surface area contributed by atoms with Crippen molar-refractivity contribution in [3.8, 4) is 0 Å². The largest absolute Gasteiger partial charge is 0.433 e. The highest BCUT2D eigenvalue weighted by Gasteiger charge is 2.33. The Balaban J connectivity index is 2.20. The zero-order valence-corrected chi connectivity index (χ0v) is 13.4. The second-order valence-electron chi connectivity index (χ2n) is 5.53. The molecule has 130 valence electrons. The molecule has 0 saturated heterocycles. The number of alkyl halides is 3. The number of aliphatic hydroxyl groups is 1. The van der Waals surface area contributed by atoms with Crippen LogP contribution in [0.5, 0.6) is 0 Å². The second-order valence-corrected chi connectivity index (χ2v) is 5.53. The van der Waals surface area contributed by atoms with Gasteiger partial charge in [0.05, 0.1) is 6.61 Å². The van der Waals surface area contributed by atoms with Gasteiger partial charge in [-0.15, -0.1) is 0 Å². The first-order valence-electron chi connectivity index (χ1n) is 7.41. The van der Waals surface area contributed by atoms with Crippen molar-refractivity contribution in [2.75, 3.05) is 17.2 Å². The van der Waals surface area contributed by atoms with Gasteiger partial charge >= 0.3 is 6.18 Å². The average Bonchev–Trinajstić information content (AvgIpc) is 2.53. The number of aryl methyl sites for hydroxylation is 1. The average molecular weight is 340 g/mol. The summed E-state index contributed by atoms with van der Waals surface area (Å²) in [5.41, 5.74) is 0.979. The van der Waals surface area contributed by atoms with Gasteiger partial charge in [-0.05, 0) is 19.4 Å². The molecule has 0 aliphatic carbocycles. The van der Waals surface area contributed by atoms with Gasteiger partial charge in [0.1, 0.15) is 5.82 Å². The Morgan fingerprint density at radius 1 is 1.17 bits per heavy atom. The monoisotopic (exact) mass is 340 g/mol. The number of nitrogens with one attached hydrogen (secondary N) is 2. The molecule has 0 bridgehead atoms. The van der Waals surface area contributed by atoms with E-state index in [2.05, 4.69) is 20.6 Å². The lowest BCUT2D eigenvalue weighted by atomic mass is 10.1. The van der Waals surface area contributed by atoms with E-state index in [-0.39, 0.29) is 18.4 Å². The van der Waals surface area contributed by atoms with E-state index in [0.29, 0.717) is 6.54 Å². The van der Waals surface area contributed by atoms with Crippen molar-refractivity contribution in [3.63, 3.8) is 0 Å². The van der Waals surface area contributed by atoms with Gasteiger partial charge in [0.2, 0.25) is 5.95 Å². The van der Waals surface area contributed by atoms with Crippen LogP contribution in [0.25, 0.3) is 0 Å². The highest BCUT2D eigenvalue weighted by molar-refractivity contribution is 5.44. The number of nitrogens with zero attached hydrogens (tertiary/aromatic N) is 2. The molecule has 1 aromatic carbocycles. The molecule has 0 radical (unpaired) electrons. The fourth-order valence-corrected chi connectivity index (χ4v) is 1.91. The third-order valence-corrected chi connectivity index (χ3v) is 3.26. The summed E-state index contributed by atoms with van der Waals surface area (Å²) in [6.07, 6.45) is -4.58. The summed E-state index contributed by atoms with van der Waals surface area (Å²) in [6, 6.07) is 8.03. The maximum Gasteiger partial charge on any atom is 0.433 e. The molecular formula is C16H19F3N4O. The van der Waals surface area contributed by atoms with Gasteiger partial charge in [-0.25, -0.2) is 4.98 Å². The molecule has 1 atom stereocenters. The summed E-state index contributed by atoms with van der Waals surface area (Å²) in [5, 5.41) is 14.5. The Morgan fingerprint density at radius 3 is 2.42 bits per heavy atom. The molecule has 0 saturated carbocycles. The molecule has 0 fully saturated rings. The van der Waals surface area contributed by atoms with E-state index in [9.17, 15) is 13.2 Å². The number of hydrogen-bond donors (Lipinski definition) is 3. The van der Waals surface area contributed by atoms with Gasteiger partial charge in [-0.3, -0.25) is 0 Å². The van der Waals surface area contributed by atoms with E-state index in [1.807, 2.05) is 31.2 Å². The van der Waals surface area contributed by atoms with Crippen molar-refractivity contribution in [2.45, 2.75) is 32.6 Å². The molecule has 2 rings (SSSR count). The van der Waals surface area contributed by atoms with Gasteiger partial charge in [-0.2, -0.15) is 18.2 Å². The summed E-state index contributed by atoms with van der Waals surface area (Å²) in [7, 11) is 0. The Labute approximate surface area is 138 Å². The SMILES string of the molecule is Cc1ccc(CNc2cc(C(F)(F)F)nc(N[C@H](C)CO)n2)cc1. The van der Waals surface area contributed by atoms with Crippen LogP contribution in [0.1, 0.15) is 23.7 Å². The minimum Gasteiger partial charge on any atom is -0.394 e.